The molecule has 0 spiro atoms. The molecule has 0 aliphatic rings. The van der Waals surface area contributed by atoms with Crippen LogP contribution in [0.5, 0.6) is 0 Å². The summed E-state index contributed by atoms with van der Waals surface area (Å²) in [7, 11) is -22.6. The minimum Gasteiger partial charge on any atom is -0.383 e. The largest absolute Gasteiger partial charge is 0.492 e. The molecule has 192 valence electrons. The van der Waals surface area contributed by atoms with Gasteiger partial charge in [0.1, 0.15) is 11.6 Å². The lowest BCUT2D eigenvalue weighted by molar-refractivity contribution is -0.689. The number of nitrogens with two attached hydrogens (primary N) is 1. The van der Waals surface area contributed by atoms with E-state index in [0.717, 1.165) is 0 Å². The van der Waals surface area contributed by atoms with Crippen LogP contribution in [0.2, 0.25) is 0 Å². The third-order valence-electron chi connectivity index (χ3n) is 3.71. The second-order valence-corrected chi connectivity index (χ2v) is 13.4. The number of hydrogen-bond acceptors (Lipinski definition) is 12. The van der Waals surface area contributed by atoms with Crippen LogP contribution in [0.25, 0.3) is 0 Å². The van der Waals surface area contributed by atoms with Crippen molar-refractivity contribution in [2.75, 3.05) is 12.3 Å². The van der Waals surface area contributed by atoms with Crippen molar-refractivity contribution in [2.24, 2.45) is 0 Å². The number of nitrogen functional groups attached to an aromatic ring is 1. The zero-order valence-electron chi connectivity index (χ0n) is 17.4. The highest BCUT2D eigenvalue weighted by Crippen LogP contribution is 2.72. The maximum Gasteiger partial charge on any atom is 0.492 e. The molecule has 0 saturated carbocycles. The summed E-state index contributed by atoms with van der Waals surface area (Å²) < 4.78 is 63.6. The van der Waals surface area contributed by atoms with E-state index in [1.165, 1.54) is 11.3 Å². The minimum atomic E-state index is -5.83. The van der Waals surface area contributed by atoms with Gasteiger partial charge in [-0.2, -0.15) is 17.5 Å². The monoisotopic (exact) mass is 585 g/mol. The van der Waals surface area contributed by atoms with Gasteiger partial charge in [-0.25, -0.2) is 28.2 Å². The maximum absolute atomic E-state index is 12.5. The zero-order valence-corrected chi connectivity index (χ0v) is 21.8. The molecule has 0 bridgehead atoms. The van der Waals surface area contributed by atoms with Crippen molar-refractivity contribution in [2.45, 2.75) is 26.8 Å². The molecule has 2 rings (SSSR count). The third-order valence-corrected chi connectivity index (χ3v) is 10.3. The molecule has 2 aromatic rings. The van der Waals surface area contributed by atoms with Crippen LogP contribution in [-0.2, 0) is 48.7 Å². The van der Waals surface area contributed by atoms with E-state index >= 15 is 0 Å². The molecule has 0 aliphatic carbocycles. The van der Waals surface area contributed by atoms with E-state index in [4.69, 9.17) is 25.3 Å². The molecule has 0 radical (unpaired) electrons. The van der Waals surface area contributed by atoms with Gasteiger partial charge in [0.15, 0.2) is 12.2 Å². The average Bonchev–Trinajstić information content (AvgIpc) is 2.93. The summed E-state index contributed by atoms with van der Waals surface area (Å²) in [5.41, 5.74) is 8.97. The number of anilines is 1. The van der Waals surface area contributed by atoms with Gasteiger partial charge in [0.2, 0.25) is 5.51 Å². The van der Waals surface area contributed by atoms with Gasteiger partial charge in [0.05, 0.1) is 17.0 Å². The number of rotatable bonds is 12. The van der Waals surface area contributed by atoms with Crippen molar-refractivity contribution >= 4 is 48.4 Å². The molecule has 0 aliphatic heterocycles. The molecule has 17 nitrogen and oxygen atoms in total. The molecule has 2 atom stereocenters. The zero-order chi connectivity index (χ0) is 25.9. The highest BCUT2D eigenvalue weighted by Gasteiger charge is 2.46. The number of nitrogens with zero attached hydrogens (tertiary/aromatic N) is 3. The predicted octanol–water partition coefficient (Wildman–Crippen LogP) is 1.08. The van der Waals surface area contributed by atoms with Crippen molar-refractivity contribution in [3.8, 4) is 0 Å². The Kier molecular flexibility index (Phi) is 9.47. The fourth-order valence-electron chi connectivity index (χ4n) is 2.38. The first-order chi connectivity index (χ1) is 15.4. The second kappa shape index (κ2) is 11.0. The molecular weight excluding hydrogens is 564 g/mol. The van der Waals surface area contributed by atoms with Crippen molar-refractivity contribution < 1.29 is 64.7 Å². The topological polar surface area (TPSA) is 262 Å². The Labute approximate surface area is 196 Å². The van der Waals surface area contributed by atoms with Gasteiger partial charge in [-0.15, -0.1) is 0 Å². The second-order valence-electron chi connectivity index (χ2n) is 6.41. The lowest BCUT2D eigenvalue weighted by Crippen LogP contribution is -2.35. The Morgan fingerprint density at radius 1 is 1.03 bits per heavy atom. The van der Waals surface area contributed by atoms with Crippen LogP contribution in [0.15, 0.2) is 11.7 Å². The maximum atomic E-state index is 12.5. The van der Waals surface area contributed by atoms with E-state index in [-0.39, 0.29) is 6.42 Å². The molecule has 22 heteroatoms. The Balaban J connectivity index is 2.11. The Morgan fingerprint density at radius 3 is 2.21 bits per heavy atom. The molecule has 0 amide bonds. The molecule has 34 heavy (non-hydrogen) atoms. The molecule has 7 N–H and O–H groups in total. The molecule has 0 aromatic carbocycles. The SMILES string of the molecule is Cc1ncc(C[n+]2csc(CCOP(=O)(OP(=O)(O)O)OP(=O)(O)OP(=O)(O)O)c2C)c(N)n1. The third kappa shape index (κ3) is 9.61. The number of aryl methyl sites for hydroxylation is 1. The lowest BCUT2D eigenvalue weighted by Gasteiger charge is -2.20. The van der Waals surface area contributed by atoms with Crippen molar-refractivity contribution in [3.63, 3.8) is 0 Å². The standard InChI is InChI=1S/C12H20N4O13P4S/c1-8-11(34-7-16(8)6-10-5-14-9(2)15-12(10)13)3-4-26-33(25,28-31(20,21)22)29-32(23,24)27-30(17,18)19/h5,7H,3-4,6H2,1-2H3,(H6-,13,14,15,17,18,19,20,21,22,23,24)/p+1. The smallest absolute Gasteiger partial charge is 0.383 e. The first-order valence-electron chi connectivity index (χ1n) is 8.75. The van der Waals surface area contributed by atoms with E-state index in [0.29, 0.717) is 34.3 Å². The predicted molar refractivity (Wildman–Crippen MR) is 114 cm³/mol. The first-order valence-corrected chi connectivity index (χ1v) is 15.6. The van der Waals surface area contributed by atoms with Crippen LogP contribution in [0, 0.1) is 13.8 Å². The van der Waals surface area contributed by atoms with Crippen LogP contribution in [-0.4, -0.2) is 41.0 Å². The minimum absolute atomic E-state index is 0.0314. The fraction of sp³-hybridized carbons (Fsp3) is 0.417. The molecule has 2 heterocycles. The van der Waals surface area contributed by atoms with Gasteiger partial charge in [0.25, 0.3) is 0 Å². The van der Waals surface area contributed by atoms with Gasteiger partial charge >= 0.3 is 31.3 Å². The summed E-state index contributed by atoms with van der Waals surface area (Å²) >= 11 is 1.23. The molecule has 2 aromatic heterocycles. The van der Waals surface area contributed by atoms with Crippen LogP contribution >= 0.6 is 42.6 Å². The van der Waals surface area contributed by atoms with Crippen LogP contribution in [0.4, 0.5) is 5.82 Å². The van der Waals surface area contributed by atoms with Gasteiger partial charge in [-0.05, 0) is 6.92 Å². The van der Waals surface area contributed by atoms with E-state index in [9.17, 15) is 23.2 Å². The van der Waals surface area contributed by atoms with E-state index in [1.807, 2.05) is 0 Å². The Hall–Kier alpha value is -0.930. The molecule has 2 unspecified atom stereocenters. The van der Waals surface area contributed by atoms with E-state index in [1.54, 1.807) is 30.1 Å². The summed E-state index contributed by atoms with van der Waals surface area (Å²) in [5, 5.41) is 0. The number of hydrogen-bond donors (Lipinski definition) is 6. The normalized spacial score (nSPS) is 16.2. The van der Waals surface area contributed by atoms with E-state index < -0.39 is 37.9 Å². The van der Waals surface area contributed by atoms with Crippen LogP contribution in [0.3, 0.4) is 0 Å². The van der Waals surface area contributed by atoms with Gasteiger partial charge in [-0.3, -0.25) is 4.52 Å². The number of thiazole rings is 1. The summed E-state index contributed by atoms with van der Waals surface area (Å²) in [4.78, 5) is 53.2. The molecule has 0 fully saturated rings. The van der Waals surface area contributed by atoms with Crippen molar-refractivity contribution in [1.29, 1.82) is 0 Å². The molecule has 0 saturated heterocycles. The highest BCUT2D eigenvalue weighted by molar-refractivity contribution is 7.69. The lowest BCUT2D eigenvalue weighted by atomic mass is 10.2. The first kappa shape index (κ1) is 29.3. The fourth-order valence-corrected chi connectivity index (χ4v) is 7.96. The average molecular weight is 585 g/mol. The highest BCUT2D eigenvalue weighted by atomic mass is 32.1. The van der Waals surface area contributed by atoms with Crippen LogP contribution in [0.1, 0.15) is 22.0 Å². The van der Waals surface area contributed by atoms with E-state index in [2.05, 4.69) is 27.4 Å². The van der Waals surface area contributed by atoms with Crippen LogP contribution < -0.4 is 10.3 Å². The summed E-state index contributed by atoms with van der Waals surface area (Å²) in [6.07, 6.45) is 1.54. The Bertz CT molecular complexity index is 1230. The number of aromatic nitrogens is 3. The summed E-state index contributed by atoms with van der Waals surface area (Å²) in [6.45, 7) is 3.14. The van der Waals surface area contributed by atoms with Gasteiger partial charge < -0.3 is 30.2 Å². The quantitative estimate of drug-likeness (QED) is 0.150. The van der Waals surface area contributed by atoms with Crippen molar-refractivity contribution in [3.05, 3.63) is 33.7 Å². The van der Waals surface area contributed by atoms with Crippen molar-refractivity contribution in [1.82, 2.24) is 9.97 Å². The summed E-state index contributed by atoms with van der Waals surface area (Å²) in [6, 6.07) is 0. The van der Waals surface area contributed by atoms with Gasteiger partial charge in [0, 0.05) is 19.5 Å². The summed E-state index contributed by atoms with van der Waals surface area (Å²) in [5.74, 6) is 0.808. The van der Waals surface area contributed by atoms with Gasteiger partial charge in [-0.1, -0.05) is 11.3 Å². The molecular formula is C12H21N4O13P4S+. The number of phosphoric acid groups is 4. The Morgan fingerprint density at radius 2 is 1.65 bits per heavy atom.